The van der Waals surface area contributed by atoms with Gasteiger partial charge in [0.25, 0.3) is 0 Å². The Kier molecular flexibility index (Phi) is 6.93. The van der Waals surface area contributed by atoms with Crippen LogP contribution in [-0.4, -0.2) is 12.6 Å². The lowest BCUT2D eigenvalue weighted by Gasteiger charge is -2.20. The lowest BCUT2D eigenvalue weighted by Crippen LogP contribution is -2.25. The van der Waals surface area contributed by atoms with Crippen molar-refractivity contribution in [3.8, 4) is 5.75 Å². The van der Waals surface area contributed by atoms with E-state index in [0.717, 1.165) is 18.2 Å². The van der Waals surface area contributed by atoms with Crippen LogP contribution in [0.15, 0.2) is 24.3 Å². The van der Waals surface area contributed by atoms with Gasteiger partial charge in [0.1, 0.15) is 5.75 Å². The molecular weight excluding hydrogens is 234 g/mol. The quantitative estimate of drug-likeness (QED) is 0.742. The average molecular weight is 263 g/mol. The SMILES string of the molecule is CCC(CC)CNC(C)c1cccc(OC(C)C)c1. The molecule has 19 heavy (non-hydrogen) atoms. The van der Waals surface area contributed by atoms with Crippen molar-refractivity contribution in [2.45, 2.75) is 59.6 Å². The van der Waals surface area contributed by atoms with E-state index in [-0.39, 0.29) is 6.10 Å². The van der Waals surface area contributed by atoms with Gasteiger partial charge in [-0.25, -0.2) is 0 Å². The van der Waals surface area contributed by atoms with Crippen molar-refractivity contribution < 1.29 is 4.74 Å². The van der Waals surface area contributed by atoms with Gasteiger partial charge in [-0.1, -0.05) is 38.8 Å². The Morgan fingerprint density at radius 1 is 1.11 bits per heavy atom. The topological polar surface area (TPSA) is 21.3 Å². The Morgan fingerprint density at radius 3 is 2.37 bits per heavy atom. The van der Waals surface area contributed by atoms with E-state index in [1.807, 2.05) is 6.07 Å². The maximum atomic E-state index is 5.75. The van der Waals surface area contributed by atoms with Crippen LogP contribution in [-0.2, 0) is 0 Å². The first kappa shape index (κ1) is 16.0. The molecule has 0 aliphatic rings. The molecule has 1 atom stereocenters. The standard InChI is InChI=1S/C17H29NO/c1-6-15(7-2)12-18-14(5)16-9-8-10-17(11-16)19-13(3)4/h8-11,13-15,18H,6-7,12H2,1-5H3. The van der Waals surface area contributed by atoms with E-state index in [4.69, 9.17) is 4.74 Å². The lowest BCUT2D eigenvalue weighted by atomic mass is 10.0. The highest BCUT2D eigenvalue weighted by Crippen LogP contribution is 2.20. The van der Waals surface area contributed by atoms with Crippen LogP contribution in [0.25, 0.3) is 0 Å². The molecule has 1 aromatic carbocycles. The van der Waals surface area contributed by atoms with Gasteiger partial charge in [0.05, 0.1) is 6.10 Å². The zero-order chi connectivity index (χ0) is 14.3. The molecule has 0 aromatic heterocycles. The Morgan fingerprint density at radius 2 is 1.79 bits per heavy atom. The predicted molar refractivity (Wildman–Crippen MR) is 82.7 cm³/mol. The molecule has 0 radical (unpaired) electrons. The smallest absolute Gasteiger partial charge is 0.120 e. The molecule has 2 heteroatoms. The molecule has 0 aliphatic carbocycles. The van der Waals surface area contributed by atoms with Crippen molar-refractivity contribution in [2.75, 3.05) is 6.54 Å². The normalized spacial score (nSPS) is 13.0. The van der Waals surface area contributed by atoms with Crippen LogP contribution >= 0.6 is 0 Å². The van der Waals surface area contributed by atoms with Crippen molar-refractivity contribution in [3.05, 3.63) is 29.8 Å². The van der Waals surface area contributed by atoms with Gasteiger partial charge in [-0.2, -0.15) is 0 Å². The number of ether oxygens (including phenoxy) is 1. The minimum Gasteiger partial charge on any atom is -0.491 e. The monoisotopic (exact) mass is 263 g/mol. The van der Waals surface area contributed by atoms with Crippen LogP contribution in [0.1, 0.15) is 59.1 Å². The summed E-state index contributed by atoms with van der Waals surface area (Å²) in [4.78, 5) is 0. The summed E-state index contributed by atoms with van der Waals surface area (Å²) in [5, 5.41) is 3.63. The highest BCUT2D eigenvalue weighted by molar-refractivity contribution is 5.30. The molecule has 0 saturated carbocycles. The summed E-state index contributed by atoms with van der Waals surface area (Å²) in [5.74, 6) is 1.74. The molecule has 0 aliphatic heterocycles. The molecule has 0 fully saturated rings. The number of hydrogen-bond acceptors (Lipinski definition) is 2. The molecule has 2 nitrogen and oxygen atoms in total. The number of nitrogens with one attached hydrogen (secondary N) is 1. The van der Waals surface area contributed by atoms with Crippen LogP contribution in [0.3, 0.4) is 0 Å². The Bertz CT molecular complexity index is 358. The Balaban J connectivity index is 2.58. The highest BCUT2D eigenvalue weighted by Gasteiger charge is 2.09. The third-order valence-corrected chi connectivity index (χ3v) is 3.60. The lowest BCUT2D eigenvalue weighted by molar-refractivity contribution is 0.242. The van der Waals surface area contributed by atoms with E-state index in [1.54, 1.807) is 0 Å². The van der Waals surface area contributed by atoms with Crippen LogP contribution in [0.2, 0.25) is 0 Å². The van der Waals surface area contributed by atoms with Gasteiger partial charge < -0.3 is 10.1 Å². The fourth-order valence-corrected chi connectivity index (χ4v) is 2.17. The molecule has 1 unspecified atom stereocenters. The summed E-state index contributed by atoms with van der Waals surface area (Å²) >= 11 is 0. The molecule has 108 valence electrons. The summed E-state index contributed by atoms with van der Waals surface area (Å²) < 4.78 is 5.75. The summed E-state index contributed by atoms with van der Waals surface area (Å²) in [6, 6.07) is 8.78. The summed E-state index contributed by atoms with van der Waals surface area (Å²) in [7, 11) is 0. The van der Waals surface area contributed by atoms with Gasteiger partial charge in [-0.3, -0.25) is 0 Å². The Hall–Kier alpha value is -1.02. The van der Waals surface area contributed by atoms with Gasteiger partial charge in [-0.15, -0.1) is 0 Å². The second-order valence-corrected chi connectivity index (χ2v) is 5.55. The van der Waals surface area contributed by atoms with Gasteiger partial charge >= 0.3 is 0 Å². The van der Waals surface area contributed by atoms with Crippen molar-refractivity contribution in [1.82, 2.24) is 5.32 Å². The first-order chi connectivity index (χ1) is 9.06. The molecule has 1 rings (SSSR count). The second kappa shape index (κ2) is 8.21. The minimum atomic E-state index is 0.225. The van der Waals surface area contributed by atoms with E-state index in [9.17, 15) is 0 Å². The van der Waals surface area contributed by atoms with E-state index >= 15 is 0 Å². The van der Waals surface area contributed by atoms with Crippen molar-refractivity contribution >= 4 is 0 Å². The molecule has 0 heterocycles. The third-order valence-electron chi connectivity index (χ3n) is 3.60. The maximum Gasteiger partial charge on any atom is 0.120 e. The summed E-state index contributed by atoms with van der Waals surface area (Å²) in [5.41, 5.74) is 1.30. The molecule has 0 spiro atoms. The van der Waals surface area contributed by atoms with Crippen LogP contribution in [0, 0.1) is 5.92 Å². The molecule has 0 saturated heterocycles. The second-order valence-electron chi connectivity index (χ2n) is 5.55. The highest BCUT2D eigenvalue weighted by atomic mass is 16.5. The molecule has 0 bridgehead atoms. The average Bonchev–Trinajstić information content (AvgIpc) is 2.39. The van der Waals surface area contributed by atoms with Gasteiger partial charge in [0.2, 0.25) is 0 Å². The minimum absolute atomic E-state index is 0.225. The van der Waals surface area contributed by atoms with Crippen molar-refractivity contribution in [3.63, 3.8) is 0 Å². The maximum absolute atomic E-state index is 5.75. The Labute approximate surface area is 118 Å². The summed E-state index contributed by atoms with van der Waals surface area (Å²) in [6.07, 6.45) is 2.71. The van der Waals surface area contributed by atoms with Crippen molar-refractivity contribution in [2.24, 2.45) is 5.92 Å². The largest absolute Gasteiger partial charge is 0.491 e. The van der Waals surface area contributed by atoms with Crippen molar-refractivity contribution in [1.29, 1.82) is 0 Å². The molecule has 1 N–H and O–H groups in total. The number of hydrogen-bond donors (Lipinski definition) is 1. The summed E-state index contributed by atoms with van der Waals surface area (Å²) in [6.45, 7) is 11.9. The first-order valence-corrected chi connectivity index (χ1v) is 7.56. The zero-order valence-corrected chi connectivity index (χ0v) is 13.1. The third kappa shape index (κ3) is 5.65. The number of benzene rings is 1. The van der Waals surface area contributed by atoms with Crippen LogP contribution in [0.5, 0.6) is 5.75 Å². The van der Waals surface area contributed by atoms with Crippen LogP contribution in [0.4, 0.5) is 0 Å². The fraction of sp³-hybridized carbons (Fsp3) is 0.647. The number of rotatable bonds is 8. The van der Waals surface area contributed by atoms with Gasteiger partial charge in [0, 0.05) is 6.04 Å². The molecule has 1 aromatic rings. The van der Waals surface area contributed by atoms with Crippen LogP contribution < -0.4 is 10.1 Å². The fourth-order valence-electron chi connectivity index (χ4n) is 2.17. The molecule has 0 amide bonds. The van der Waals surface area contributed by atoms with Gasteiger partial charge in [-0.05, 0) is 50.9 Å². The van der Waals surface area contributed by atoms with E-state index < -0.39 is 0 Å². The first-order valence-electron chi connectivity index (χ1n) is 7.56. The molecular formula is C17H29NO. The van der Waals surface area contributed by atoms with E-state index in [0.29, 0.717) is 6.04 Å². The zero-order valence-electron chi connectivity index (χ0n) is 13.1. The van der Waals surface area contributed by atoms with E-state index in [1.165, 1.54) is 18.4 Å². The van der Waals surface area contributed by atoms with Gasteiger partial charge in [0.15, 0.2) is 0 Å². The van der Waals surface area contributed by atoms with E-state index in [2.05, 4.69) is 58.1 Å². The predicted octanol–water partition coefficient (Wildman–Crippen LogP) is 4.56.